The van der Waals surface area contributed by atoms with Crippen LogP contribution in [-0.4, -0.2) is 32.5 Å². The van der Waals surface area contributed by atoms with E-state index in [2.05, 4.69) is 10.1 Å². The minimum Gasteiger partial charge on any atom is -0.493 e. The standard InChI is InChI=1S/C15H13N5O4/c1-10(21)19(15-8-12(20(22)23)3-5-16-15)13-7-11-4-6-17-18(11)9-14(13)24-2/h3-9H,1-2H3. The Morgan fingerprint density at radius 1 is 1.33 bits per heavy atom. The van der Waals surface area contributed by atoms with Gasteiger partial charge in [-0.2, -0.15) is 5.10 Å². The first-order valence-corrected chi connectivity index (χ1v) is 6.94. The third kappa shape index (κ3) is 2.62. The van der Waals surface area contributed by atoms with Crippen molar-refractivity contribution in [1.29, 1.82) is 0 Å². The van der Waals surface area contributed by atoms with Gasteiger partial charge in [0.1, 0.15) is 5.82 Å². The average molecular weight is 327 g/mol. The van der Waals surface area contributed by atoms with Gasteiger partial charge in [0, 0.05) is 25.4 Å². The zero-order chi connectivity index (χ0) is 17.3. The zero-order valence-corrected chi connectivity index (χ0v) is 12.9. The van der Waals surface area contributed by atoms with E-state index < -0.39 is 4.92 Å². The first kappa shape index (κ1) is 15.4. The number of nitro groups is 1. The van der Waals surface area contributed by atoms with Crippen LogP contribution in [0.2, 0.25) is 0 Å². The first-order chi connectivity index (χ1) is 11.5. The highest BCUT2D eigenvalue weighted by molar-refractivity contribution is 6.00. The molecule has 0 aromatic carbocycles. The number of amides is 1. The highest BCUT2D eigenvalue weighted by Gasteiger charge is 2.22. The molecule has 0 atom stereocenters. The number of anilines is 2. The molecule has 3 aromatic rings. The molecule has 24 heavy (non-hydrogen) atoms. The molecule has 0 aliphatic rings. The molecule has 0 aliphatic carbocycles. The smallest absolute Gasteiger partial charge is 0.274 e. The largest absolute Gasteiger partial charge is 0.493 e. The number of carbonyl (C=O) groups excluding carboxylic acids is 1. The number of nitrogens with zero attached hydrogens (tertiary/aromatic N) is 5. The van der Waals surface area contributed by atoms with Crippen molar-refractivity contribution in [3.05, 3.63) is 53.0 Å². The molecule has 0 fully saturated rings. The van der Waals surface area contributed by atoms with Gasteiger partial charge in [0.2, 0.25) is 5.91 Å². The van der Waals surface area contributed by atoms with E-state index in [1.54, 1.807) is 29.0 Å². The molecule has 0 N–H and O–H groups in total. The molecular weight excluding hydrogens is 314 g/mol. The maximum absolute atomic E-state index is 12.2. The molecule has 0 unspecified atom stereocenters. The summed E-state index contributed by atoms with van der Waals surface area (Å²) in [6.45, 7) is 1.35. The quantitative estimate of drug-likeness (QED) is 0.538. The lowest BCUT2D eigenvalue weighted by molar-refractivity contribution is -0.384. The summed E-state index contributed by atoms with van der Waals surface area (Å²) in [5.74, 6) is 0.165. The molecule has 122 valence electrons. The number of rotatable bonds is 4. The van der Waals surface area contributed by atoms with Crippen LogP contribution in [0, 0.1) is 10.1 Å². The molecular formula is C15H13N5O4. The Balaban J connectivity index is 2.20. The summed E-state index contributed by atoms with van der Waals surface area (Å²) in [6.07, 6.45) is 4.52. The normalized spacial score (nSPS) is 10.6. The van der Waals surface area contributed by atoms with Crippen molar-refractivity contribution in [1.82, 2.24) is 14.6 Å². The third-order valence-electron chi connectivity index (χ3n) is 3.42. The molecule has 1 amide bonds. The van der Waals surface area contributed by atoms with Gasteiger partial charge < -0.3 is 4.74 Å². The summed E-state index contributed by atoms with van der Waals surface area (Å²) in [6, 6.07) is 5.97. The van der Waals surface area contributed by atoms with Crippen LogP contribution in [0.1, 0.15) is 6.92 Å². The van der Waals surface area contributed by atoms with Gasteiger partial charge in [-0.3, -0.25) is 19.8 Å². The van der Waals surface area contributed by atoms with E-state index in [1.807, 2.05) is 0 Å². The summed E-state index contributed by atoms with van der Waals surface area (Å²) in [5.41, 5.74) is 1.00. The lowest BCUT2D eigenvalue weighted by atomic mass is 10.2. The van der Waals surface area contributed by atoms with E-state index in [0.717, 1.165) is 5.52 Å². The van der Waals surface area contributed by atoms with Gasteiger partial charge in [-0.1, -0.05) is 0 Å². The monoisotopic (exact) mass is 327 g/mol. The number of aromatic nitrogens is 3. The summed E-state index contributed by atoms with van der Waals surface area (Å²) in [7, 11) is 1.47. The van der Waals surface area contributed by atoms with Crippen LogP contribution >= 0.6 is 0 Å². The second-order valence-corrected chi connectivity index (χ2v) is 4.91. The van der Waals surface area contributed by atoms with Gasteiger partial charge in [-0.15, -0.1) is 0 Å². The van der Waals surface area contributed by atoms with Gasteiger partial charge in [0.05, 0.1) is 35.5 Å². The number of fused-ring (bicyclic) bond motifs is 1. The molecule has 0 spiro atoms. The second-order valence-electron chi connectivity index (χ2n) is 4.91. The maximum Gasteiger partial charge on any atom is 0.274 e. The lowest BCUT2D eigenvalue weighted by Crippen LogP contribution is -2.24. The molecule has 3 aromatic heterocycles. The predicted molar refractivity (Wildman–Crippen MR) is 85.5 cm³/mol. The molecule has 9 heteroatoms. The van der Waals surface area contributed by atoms with Crippen LogP contribution in [0.3, 0.4) is 0 Å². The fraction of sp³-hybridized carbons (Fsp3) is 0.133. The number of ether oxygens (including phenoxy) is 1. The van der Waals surface area contributed by atoms with Crippen LogP contribution in [-0.2, 0) is 4.79 Å². The number of hydrogen-bond acceptors (Lipinski definition) is 6. The Bertz CT molecular complexity index is 937. The van der Waals surface area contributed by atoms with E-state index in [9.17, 15) is 14.9 Å². The van der Waals surface area contributed by atoms with E-state index in [1.165, 1.54) is 37.3 Å². The molecule has 0 aliphatic heterocycles. The van der Waals surface area contributed by atoms with Crippen molar-refractivity contribution >= 4 is 28.6 Å². The topological polar surface area (TPSA) is 103 Å². The Morgan fingerprint density at radius 3 is 2.79 bits per heavy atom. The van der Waals surface area contributed by atoms with Gasteiger partial charge in [0.25, 0.3) is 5.69 Å². The molecule has 0 radical (unpaired) electrons. The summed E-state index contributed by atoms with van der Waals surface area (Å²) < 4.78 is 6.94. The van der Waals surface area contributed by atoms with Crippen molar-refractivity contribution in [2.75, 3.05) is 12.0 Å². The second kappa shape index (κ2) is 5.95. The minimum absolute atomic E-state index is 0.138. The Kier molecular flexibility index (Phi) is 3.82. The Hall–Kier alpha value is -3.49. The van der Waals surface area contributed by atoms with Crippen LogP contribution in [0.5, 0.6) is 5.75 Å². The fourth-order valence-electron chi connectivity index (χ4n) is 2.36. The lowest BCUT2D eigenvalue weighted by Gasteiger charge is -2.22. The SMILES string of the molecule is COc1cn2nccc2cc1N(C(C)=O)c1cc([N+](=O)[O-])ccn1. The predicted octanol–water partition coefficient (Wildman–Crippen LogP) is 2.33. The molecule has 3 rings (SSSR count). The number of methoxy groups -OCH3 is 1. The summed E-state index contributed by atoms with van der Waals surface area (Å²) in [5, 5.41) is 15.1. The Labute approximate surface area is 136 Å². The van der Waals surface area contributed by atoms with Gasteiger partial charge in [-0.25, -0.2) is 9.50 Å². The van der Waals surface area contributed by atoms with Gasteiger partial charge >= 0.3 is 0 Å². The average Bonchev–Trinajstić information content (AvgIpc) is 3.01. The van der Waals surface area contributed by atoms with E-state index in [4.69, 9.17) is 4.74 Å². The maximum atomic E-state index is 12.2. The molecule has 0 saturated carbocycles. The number of hydrogen-bond donors (Lipinski definition) is 0. The van der Waals surface area contributed by atoms with Crippen LogP contribution in [0.25, 0.3) is 5.52 Å². The number of pyridine rings is 2. The van der Waals surface area contributed by atoms with Crippen LogP contribution in [0.15, 0.2) is 42.9 Å². The first-order valence-electron chi connectivity index (χ1n) is 6.94. The summed E-state index contributed by atoms with van der Waals surface area (Å²) in [4.78, 5) is 28.0. The fourth-order valence-corrected chi connectivity index (χ4v) is 2.36. The molecule has 0 bridgehead atoms. The van der Waals surface area contributed by atoms with Gasteiger partial charge in [-0.05, 0) is 12.1 Å². The van der Waals surface area contributed by atoms with Gasteiger partial charge in [0.15, 0.2) is 5.75 Å². The van der Waals surface area contributed by atoms with Crippen molar-refractivity contribution in [2.45, 2.75) is 6.92 Å². The Morgan fingerprint density at radius 2 is 2.12 bits per heavy atom. The third-order valence-corrected chi connectivity index (χ3v) is 3.42. The summed E-state index contributed by atoms with van der Waals surface area (Å²) >= 11 is 0. The molecule has 9 nitrogen and oxygen atoms in total. The van der Waals surface area contributed by atoms with Crippen molar-refractivity contribution in [3.63, 3.8) is 0 Å². The van der Waals surface area contributed by atoms with Crippen LogP contribution < -0.4 is 9.64 Å². The van der Waals surface area contributed by atoms with Crippen molar-refractivity contribution < 1.29 is 14.5 Å². The highest BCUT2D eigenvalue weighted by atomic mass is 16.6. The zero-order valence-electron chi connectivity index (χ0n) is 12.9. The van der Waals surface area contributed by atoms with E-state index in [-0.39, 0.29) is 17.4 Å². The van der Waals surface area contributed by atoms with Crippen molar-refractivity contribution in [3.8, 4) is 5.75 Å². The van der Waals surface area contributed by atoms with Crippen LogP contribution in [0.4, 0.5) is 17.2 Å². The van der Waals surface area contributed by atoms with E-state index in [0.29, 0.717) is 11.4 Å². The molecule has 3 heterocycles. The minimum atomic E-state index is -0.541. The van der Waals surface area contributed by atoms with Crippen molar-refractivity contribution in [2.24, 2.45) is 0 Å². The highest BCUT2D eigenvalue weighted by Crippen LogP contribution is 2.35. The molecule has 0 saturated heterocycles. The van der Waals surface area contributed by atoms with E-state index >= 15 is 0 Å². The number of carbonyl (C=O) groups is 1.